The molecule has 1 aromatic rings. The molecule has 1 unspecified atom stereocenters. The van der Waals surface area contributed by atoms with Crippen LogP contribution in [0.25, 0.3) is 0 Å². The summed E-state index contributed by atoms with van der Waals surface area (Å²) in [6.45, 7) is 6.50. The molecule has 0 heterocycles. The third-order valence-corrected chi connectivity index (χ3v) is 2.32. The Kier molecular flexibility index (Phi) is 3.72. The lowest BCUT2D eigenvalue weighted by molar-refractivity contribution is -0.120. The molecule has 82 valence electrons. The number of benzene rings is 1. The van der Waals surface area contributed by atoms with Crippen molar-refractivity contribution in [3.63, 3.8) is 0 Å². The van der Waals surface area contributed by atoms with Crippen LogP contribution in [0, 0.1) is 19.8 Å². The van der Waals surface area contributed by atoms with Crippen LogP contribution in [0.1, 0.15) is 18.1 Å². The van der Waals surface area contributed by atoms with E-state index in [-0.39, 0.29) is 11.8 Å². The second kappa shape index (κ2) is 4.82. The average Bonchev–Trinajstić information content (AvgIpc) is 2.12. The van der Waals surface area contributed by atoms with Gasteiger partial charge in [0.1, 0.15) is 0 Å². The number of nitrogens with two attached hydrogens (primary N) is 1. The van der Waals surface area contributed by atoms with Crippen molar-refractivity contribution in [3.8, 4) is 0 Å². The number of hydrogen-bond donors (Lipinski definition) is 2. The molecule has 15 heavy (non-hydrogen) atoms. The molecule has 1 amide bonds. The summed E-state index contributed by atoms with van der Waals surface area (Å²) in [5, 5.41) is 3.21. The molecule has 1 rings (SSSR count). The first-order valence-corrected chi connectivity index (χ1v) is 5.10. The summed E-state index contributed by atoms with van der Waals surface area (Å²) >= 11 is 0. The van der Waals surface area contributed by atoms with Crippen LogP contribution in [0.3, 0.4) is 0 Å². The molecule has 1 aromatic carbocycles. The third kappa shape index (κ3) is 3.62. The highest BCUT2D eigenvalue weighted by Gasteiger charge is 2.07. The maximum absolute atomic E-state index is 10.8. The zero-order chi connectivity index (χ0) is 11.4. The van der Waals surface area contributed by atoms with Crippen LogP contribution in [0.4, 0.5) is 5.69 Å². The first-order valence-electron chi connectivity index (χ1n) is 5.10. The maximum atomic E-state index is 10.8. The molecule has 3 N–H and O–H groups in total. The summed E-state index contributed by atoms with van der Waals surface area (Å²) in [6, 6.07) is 6.23. The van der Waals surface area contributed by atoms with Gasteiger partial charge in [-0.15, -0.1) is 0 Å². The van der Waals surface area contributed by atoms with Crippen LogP contribution in [0.15, 0.2) is 18.2 Å². The SMILES string of the molecule is Cc1cc(C)cc(NCC(C)C(N)=O)c1. The number of primary amides is 1. The molecule has 3 heteroatoms. The van der Waals surface area contributed by atoms with Gasteiger partial charge in [-0.05, 0) is 37.1 Å². The molecule has 0 radical (unpaired) electrons. The van der Waals surface area contributed by atoms with Crippen molar-refractivity contribution in [2.75, 3.05) is 11.9 Å². The predicted molar refractivity (Wildman–Crippen MR) is 62.8 cm³/mol. The summed E-state index contributed by atoms with van der Waals surface area (Å²) in [6.07, 6.45) is 0. The third-order valence-electron chi connectivity index (χ3n) is 2.32. The Morgan fingerprint density at radius 2 is 1.87 bits per heavy atom. The Hall–Kier alpha value is -1.51. The van der Waals surface area contributed by atoms with Crippen LogP contribution in [0.5, 0.6) is 0 Å². The summed E-state index contributed by atoms with van der Waals surface area (Å²) in [7, 11) is 0. The molecule has 0 saturated heterocycles. The summed E-state index contributed by atoms with van der Waals surface area (Å²) in [5.41, 5.74) is 8.65. The first kappa shape index (κ1) is 11.6. The molecule has 0 fully saturated rings. The van der Waals surface area contributed by atoms with Gasteiger partial charge in [0.05, 0.1) is 5.92 Å². The Morgan fingerprint density at radius 1 is 1.33 bits per heavy atom. The van der Waals surface area contributed by atoms with E-state index in [1.807, 2.05) is 6.92 Å². The van der Waals surface area contributed by atoms with Crippen LogP contribution in [0.2, 0.25) is 0 Å². The van der Waals surface area contributed by atoms with Crippen LogP contribution >= 0.6 is 0 Å². The minimum Gasteiger partial charge on any atom is -0.384 e. The van der Waals surface area contributed by atoms with Crippen LogP contribution in [-0.4, -0.2) is 12.5 Å². The lowest BCUT2D eigenvalue weighted by Crippen LogP contribution is -2.26. The predicted octanol–water partition coefficient (Wildman–Crippen LogP) is 1.84. The van der Waals surface area contributed by atoms with Gasteiger partial charge in [-0.2, -0.15) is 0 Å². The standard InChI is InChI=1S/C12H18N2O/c1-8-4-9(2)6-11(5-8)14-7-10(3)12(13)15/h4-6,10,14H,7H2,1-3H3,(H2,13,15). The molecule has 0 aliphatic heterocycles. The number of anilines is 1. The highest BCUT2D eigenvalue weighted by atomic mass is 16.1. The molecular formula is C12H18N2O. The zero-order valence-corrected chi connectivity index (χ0v) is 9.50. The second-order valence-electron chi connectivity index (χ2n) is 4.06. The normalized spacial score (nSPS) is 12.2. The van der Waals surface area contributed by atoms with Gasteiger partial charge in [-0.1, -0.05) is 13.0 Å². The molecule has 3 nitrogen and oxygen atoms in total. The number of nitrogens with one attached hydrogen (secondary N) is 1. The van der Waals surface area contributed by atoms with Gasteiger partial charge in [0.25, 0.3) is 0 Å². The van der Waals surface area contributed by atoms with E-state index in [2.05, 4.69) is 37.4 Å². The molecule has 0 aliphatic carbocycles. The first-order chi connectivity index (χ1) is 6.99. The Labute approximate surface area is 90.7 Å². The fraction of sp³-hybridized carbons (Fsp3) is 0.417. The lowest BCUT2D eigenvalue weighted by atomic mass is 10.1. The van der Waals surface area contributed by atoms with Crippen molar-refractivity contribution in [1.29, 1.82) is 0 Å². The minimum absolute atomic E-state index is 0.147. The quantitative estimate of drug-likeness (QED) is 0.789. The summed E-state index contributed by atoms with van der Waals surface area (Å²) in [5.74, 6) is -0.419. The molecule has 0 aliphatic rings. The topological polar surface area (TPSA) is 55.1 Å². The van der Waals surface area contributed by atoms with Crippen molar-refractivity contribution in [1.82, 2.24) is 0 Å². The Bertz CT molecular complexity index is 340. The molecular weight excluding hydrogens is 188 g/mol. The number of rotatable bonds is 4. The highest BCUT2D eigenvalue weighted by molar-refractivity contribution is 5.76. The number of hydrogen-bond acceptors (Lipinski definition) is 2. The number of carbonyl (C=O) groups is 1. The van der Waals surface area contributed by atoms with Gasteiger partial charge in [0, 0.05) is 12.2 Å². The zero-order valence-electron chi connectivity index (χ0n) is 9.50. The summed E-state index contributed by atoms with van der Waals surface area (Å²) < 4.78 is 0. The highest BCUT2D eigenvalue weighted by Crippen LogP contribution is 2.14. The van der Waals surface area contributed by atoms with E-state index in [0.717, 1.165) is 5.69 Å². The molecule has 1 atom stereocenters. The smallest absolute Gasteiger partial charge is 0.222 e. The van der Waals surface area contributed by atoms with E-state index in [1.165, 1.54) is 11.1 Å². The van der Waals surface area contributed by atoms with Crippen LogP contribution in [-0.2, 0) is 4.79 Å². The number of aryl methyl sites for hydroxylation is 2. The van der Waals surface area contributed by atoms with Gasteiger partial charge < -0.3 is 11.1 Å². The van der Waals surface area contributed by atoms with Gasteiger partial charge in [0.15, 0.2) is 0 Å². The lowest BCUT2D eigenvalue weighted by Gasteiger charge is -2.11. The summed E-state index contributed by atoms with van der Waals surface area (Å²) in [4.78, 5) is 10.8. The minimum atomic E-state index is -0.271. The monoisotopic (exact) mass is 206 g/mol. The maximum Gasteiger partial charge on any atom is 0.222 e. The average molecular weight is 206 g/mol. The van der Waals surface area contributed by atoms with E-state index >= 15 is 0 Å². The largest absolute Gasteiger partial charge is 0.384 e. The van der Waals surface area contributed by atoms with Crippen molar-refractivity contribution >= 4 is 11.6 Å². The molecule has 0 bridgehead atoms. The van der Waals surface area contributed by atoms with E-state index in [1.54, 1.807) is 0 Å². The number of carbonyl (C=O) groups excluding carboxylic acids is 1. The van der Waals surface area contributed by atoms with E-state index in [0.29, 0.717) is 6.54 Å². The van der Waals surface area contributed by atoms with Crippen molar-refractivity contribution < 1.29 is 4.79 Å². The van der Waals surface area contributed by atoms with Crippen LogP contribution < -0.4 is 11.1 Å². The molecule has 0 saturated carbocycles. The fourth-order valence-electron chi connectivity index (χ4n) is 1.45. The fourth-order valence-corrected chi connectivity index (χ4v) is 1.45. The van der Waals surface area contributed by atoms with Crippen molar-refractivity contribution in [3.05, 3.63) is 29.3 Å². The van der Waals surface area contributed by atoms with Gasteiger partial charge in [-0.3, -0.25) is 4.79 Å². The van der Waals surface area contributed by atoms with Crippen molar-refractivity contribution in [2.45, 2.75) is 20.8 Å². The van der Waals surface area contributed by atoms with Crippen molar-refractivity contribution in [2.24, 2.45) is 11.7 Å². The van der Waals surface area contributed by atoms with E-state index in [4.69, 9.17) is 5.73 Å². The van der Waals surface area contributed by atoms with E-state index < -0.39 is 0 Å². The Morgan fingerprint density at radius 3 is 2.33 bits per heavy atom. The van der Waals surface area contributed by atoms with E-state index in [9.17, 15) is 4.79 Å². The van der Waals surface area contributed by atoms with Gasteiger partial charge >= 0.3 is 0 Å². The molecule has 0 spiro atoms. The second-order valence-corrected chi connectivity index (χ2v) is 4.06. The molecule has 0 aromatic heterocycles. The van der Waals surface area contributed by atoms with Gasteiger partial charge in [0.2, 0.25) is 5.91 Å². The number of amides is 1. The Balaban J connectivity index is 2.61. The van der Waals surface area contributed by atoms with Gasteiger partial charge in [-0.25, -0.2) is 0 Å².